The topological polar surface area (TPSA) is 34.1 Å². The van der Waals surface area contributed by atoms with Crippen LogP contribution < -0.4 is 10.2 Å². The molecule has 3 rings (SSSR count). The Bertz CT molecular complexity index is 851. The third-order valence-electron chi connectivity index (χ3n) is 5.03. The molecular formula is C22H30F2IN5. The van der Waals surface area contributed by atoms with Crippen LogP contribution in [0.1, 0.15) is 11.1 Å². The van der Waals surface area contributed by atoms with Crippen molar-refractivity contribution in [3.63, 3.8) is 0 Å². The van der Waals surface area contributed by atoms with Gasteiger partial charge in [-0.25, -0.2) is 8.78 Å². The molecule has 30 heavy (non-hydrogen) atoms. The molecule has 164 valence electrons. The monoisotopic (exact) mass is 529 g/mol. The molecule has 1 fully saturated rings. The molecule has 0 amide bonds. The van der Waals surface area contributed by atoms with Gasteiger partial charge in [0.15, 0.2) is 5.96 Å². The number of halogens is 3. The van der Waals surface area contributed by atoms with Gasteiger partial charge in [0.1, 0.15) is 11.6 Å². The third-order valence-corrected chi connectivity index (χ3v) is 5.03. The fourth-order valence-electron chi connectivity index (χ4n) is 3.58. The van der Waals surface area contributed by atoms with E-state index < -0.39 is 0 Å². The van der Waals surface area contributed by atoms with Gasteiger partial charge in [-0.05, 0) is 43.9 Å². The number of benzene rings is 2. The Labute approximate surface area is 194 Å². The molecule has 1 heterocycles. The Kier molecular flexibility index (Phi) is 9.29. The molecule has 1 aliphatic heterocycles. The first-order chi connectivity index (χ1) is 14.0. The number of anilines is 1. The Hall–Kier alpha value is -1.94. The summed E-state index contributed by atoms with van der Waals surface area (Å²) in [5.41, 5.74) is 2.34. The summed E-state index contributed by atoms with van der Waals surface area (Å²) in [5.74, 6) is 0.432. The van der Waals surface area contributed by atoms with E-state index in [9.17, 15) is 8.78 Å². The van der Waals surface area contributed by atoms with Crippen LogP contribution in [0.4, 0.5) is 14.5 Å². The number of hydrogen-bond donors (Lipinski definition) is 1. The smallest absolute Gasteiger partial charge is 0.194 e. The zero-order chi connectivity index (χ0) is 20.8. The maximum atomic E-state index is 14.0. The molecule has 0 radical (unpaired) electrons. The van der Waals surface area contributed by atoms with E-state index in [1.807, 2.05) is 37.2 Å². The van der Waals surface area contributed by atoms with Crippen LogP contribution >= 0.6 is 24.0 Å². The molecule has 0 aliphatic carbocycles. The second-order valence-corrected chi connectivity index (χ2v) is 7.49. The largest absolute Gasteiger partial charge is 0.366 e. The quantitative estimate of drug-likeness (QED) is 0.365. The molecular weight excluding hydrogens is 499 g/mol. The Morgan fingerprint density at radius 1 is 1.03 bits per heavy atom. The summed E-state index contributed by atoms with van der Waals surface area (Å²) >= 11 is 0. The van der Waals surface area contributed by atoms with Crippen molar-refractivity contribution in [2.45, 2.75) is 13.1 Å². The molecule has 8 heteroatoms. The fourth-order valence-corrected chi connectivity index (χ4v) is 3.58. The standard InChI is InChI=1S/C22H29F2N5.HI/c1-25-22(26-15-17-8-9-19(23)18(14-17)16-27(2)3)29-12-10-28(11-13-29)21-7-5-4-6-20(21)24;/h4-9,14H,10-13,15-16H2,1-3H3,(H,25,26);1H. The number of hydrogen-bond acceptors (Lipinski definition) is 3. The van der Waals surface area contributed by atoms with Crippen LogP contribution in [0.25, 0.3) is 0 Å². The normalized spacial score (nSPS) is 14.7. The van der Waals surface area contributed by atoms with Crippen LogP contribution in [0.3, 0.4) is 0 Å². The van der Waals surface area contributed by atoms with Gasteiger partial charge in [-0.3, -0.25) is 4.99 Å². The average molecular weight is 529 g/mol. The number of nitrogens with one attached hydrogen (secondary N) is 1. The average Bonchev–Trinajstić information content (AvgIpc) is 2.71. The van der Waals surface area contributed by atoms with Crippen molar-refractivity contribution < 1.29 is 8.78 Å². The van der Waals surface area contributed by atoms with Crippen molar-refractivity contribution >= 4 is 35.6 Å². The summed E-state index contributed by atoms with van der Waals surface area (Å²) < 4.78 is 28.0. The molecule has 2 aromatic rings. The summed E-state index contributed by atoms with van der Waals surface area (Å²) in [6.07, 6.45) is 0. The summed E-state index contributed by atoms with van der Waals surface area (Å²) in [6.45, 7) is 4.09. The van der Waals surface area contributed by atoms with Gasteiger partial charge >= 0.3 is 0 Å². The SMILES string of the molecule is CN=C(NCc1ccc(F)c(CN(C)C)c1)N1CCN(c2ccccc2F)CC1.I. The lowest BCUT2D eigenvalue weighted by molar-refractivity contribution is 0.370. The Balaban J connectivity index is 0.00000320. The van der Waals surface area contributed by atoms with Crippen molar-refractivity contribution in [1.29, 1.82) is 0 Å². The van der Waals surface area contributed by atoms with Crippen LogP contribution in [0, 0.1) is 11.6 Å². The molecule has 1 N–H and O–H groups in total. The van der Waals surface area contributed by atoms with E-state index >= 15 is 0 Å². The van der Waals surface area contributed by atoms with Crippen LogP contribution in [0.2, 0.25) is 0 Å². The highest BCUT2D eigenvalue weighted by atomic mass is 127. The van der Waals surface area contributed by atoms with Crippen molar-refractivity contribution in [1.82, 2.24) is 15.1 Å². The lowest BCUT2D eigenvalue weighted by Crippen LogP contribution is -2.52. The van der Waals surface area contributed by atoms with Gasteiger partial charge in [0.05, 0.1) is 5.69 Å². The summed E-state index contributed by atoms with van der Waals surface area (Å²) in [4.78, 5) is 10.6. The van der Waals surface area contributed by atoms with E-state index in [2.05, 4.69) is 20.1 Å². The van der Waals surface area contributed by atoms with Crippen LogP contribution in [0.15, 0.2) is 47.5 Å². The lowest BCUT2D eigenvalue weighted by Gasteiger charge is -2.37. The molecule has 1 saturated heterocycles. The molecule has 0 aromatic heterocycles. The summed E-state index contributed by atoms with van der Waals surface area (Å²) in [7, 11) is 5.61. The fraction of sp³-hybridized carbons (Fsp3) is 0.409. The maximum absolute atomic E-state index is 14.0. The maximum Gasteiger partial charge on any atom is 0.194 e. The Morgan fingerprint density at radius 3 is 2.37 bits per heavy atom. The van der Waals surface area contributed by atoms with Crippen molar-refractivity contribution in [2.24, 2.45) is 4.99 Å². The first-order valence-electron chi connectivity index (χ1n) is 9.85. The molecule has 0 bridgehead atoms. The van der Waals surface area contributed by atoms with Gasteiger partial charge in [0.2, 0.25) is 0 Å². The van der Waals surface area contributed by atoms with Crippen LogP contribution in [0.5, 0.6) is 0 Å². The van der Waals surface area contributed by atoms with Crippen molar-refractivity contribution in [3.8, 4) is 0 Å². The second kappa shape index (κ2) is 11.5. The van der Waals surface area contributed by atoms with Gasteiger partial charge in [-0.1, -0.05) is 18.2 Å². The van der Waals surface area contributed by atoms with E-state index in [1.54, 1.807) is 19.2 Å². The first-order valence-corrected chi connectivity index (χ1v) is 9.85. The van der Waals surface area contributed by atoms with Crippen LogP contribution in [-0.4, -0.2) is 63.1 Å². The van der Waals surface area contributed by atoms with Gasteiger partial charge in [0.25, 0.3) is 0 Å². The molecule has 0 atom stereocenters. The number of para-hydroxylation sites is 1. The van der Waals surface area contributed by atoms with E-state index in [0.717, 1.165) is 37.7 Å². The predicted octanol–water partition coefficient (Wildman–Crippen LogP) is 3.54. The van der Waals surface area contributed by atoms with Crippen molar-refractivity contribution in [2.75, 3.05) is 52.2 Å². The summed E-state index contributed by atoms with van der Waals surface area (Å²) in [6, 6.07) is 12.1. The Morgan fingerprint density at radius 2 is 1.73 bits per heavy atom. The van der Waals surface area contributed by atoms with Gasteiger partial charge < -0.3 is 20.0 Å². The third kappa shape index (κ3) is 6.28. The van der Waals surface area contributed by atoms with E-state index in [4.69, 9.17) is 0 Å². The summed E-state index contributed by atoms with van der Waals surface area (Å²) in [5, 5.41) is 3.37. The number of nitrogens with zero attached hydrogens (tertiary/aromatic N) is 4. The second-order valence-electron chi connectivity index (χ2n) is 7.49. The molecule has 0 unspecified atom stereocenters. The van der Waals surface area contributed by atoms with Crippen molar-refractivity contribution in [3.05, 3.63) is 65.2 Å². The minimum absolute atomic E-state index is 0. The highest BCUT2D eigenvalue weighted by molar-refractivity contribution is 14.0. The minimum Gasteiger partial charge on any atom is -0.366 e. The molecule has 1 aliphatic rings. The number of guanidine groups is 1. The van der Waals surface area contributed by atoms with Crippen LogP contribution in [-0.2, 0) is 13.1 Å². The van der Waals surface area contributed by atoms with Gasteiger partial charge in [0, 0.05) is 51.9 Å². The minimum atomic E-state index is -0.187. The molecule has 2 aromatic carbocycles. The molecule has 0 saturated carbocycles. The number of rotatable bonds is 5. The molecule has 5 nitrogen and oxygen atoms in total. The predicted molar refractivity (Wildman–Crippen MR) is 130 cm³/mol. The zero-order valence-corrected chi connectivity index (χ0v) is 20.1. The van der Waals surface area contributed by atoms with E-state index in [1.165, 1.54) is 12.1 Å². The van der Waals surface area contributed by atoms with Gasteiger partial charge in [-0.2, -0.15) is 0 Å². The first kappa shape index (κ1) is 24.3. The highest BCUT2D eigenvalue weighted by Gasteiger charge is 2.21. The van der Waals surface area contributed by atoms with E-state index in [-0.39, 0.29) is 35.6 Å². The van der Waals surface area contributed by atoms with E-state index in [0.29, 0.717) is 24.3 Å². The highest BCUT2D eigenvalue weighted by Crippen LogP contribution is 2.20. The number of aliphatic imine (C=N–C) groups is 1. The van der Waals surface area contributed by atoms with Gasteiger partial charge in [-0.15, -0.1) is 24.0 Å². The molecule has 0 spiro atoms. The zero-order valence-electron chi connectivity index (χ0n) is 17.7. The lowest BCUT2D eigenvalue weighted by atomic mass is 10.1. The number of piperazine rings is 1.